The van der Waals surface area contributed by atoms with Crippen LogP contribution in [-0.4, -0.2) is 24.4 Å². The molecule has 2 rings (SSSR count). The van der Waals surface area contributed by atoms with E-state index in [1.807, 2.05) is 6.92 Å². The van der Waals surface area contributed by atoms with Crippen molar-refractivity contribution in [3.8, 4) is 5.75 Å². The quantitative estimate of drug-likeness (QED) is 0.484. The molecule has 1 aromatic rings. The van der Waals surface area contributed by atoms with Crippen LogP contribution in [-0.2, 0) is 9.47 Å². The molecule has 1 heterocycles. The van der Waals surface area contributed by atoms with Crippen LogP contribution in [0.2, 0.25) is 0 Å². The Kier molecular flexibility index (Phi) is 5.76. The van der Waals surface area contributed by atoms with Gasteiger partial charge in [0.05, 0.1) is 6.10 Å². The number of ether oxygens (including phenoxy) is 2. The monoisotopic (exact) mass is 319 g/mol. The normalized spacial score (nSPS) is 17.5. The van der Waals surface area contributed by atoms with Gasteiger partial charge in [-0.2, -0.15) is 0 Å². The molecule has 0 spiro atoms. The lowest BCUT2D eigenvalue weighted by Crippen LogP contribution is -2.28. The fourth-order valence-electron chi connectivity index (χ4n) is 2.60. The van der Waals surface area contributed by atoms with Crippen LogP contribution >= 0.6 is 0 Å². The van der Waals surface area contributed by atoms with E-state index in [1.165, 1.54) is 0 Å². The fourth-order valence-corrected chi connectivity index (χ4v) is 2.60. The van der Waals surface area contributed by atoms with Gasteiger partial charge in [-0.15, -0.1) is 0 Å². The van der Waals surface area contributed by atoms with Gasteiger partial charge in [0.2, 0.25) is 0 Å². The van der Waals surface area contributed by atoms with Gasteiger partial charge in [0.1, 0.15) is 11.6 Å². The average molecular weight is 319 g/mol. The molecule has 6 nitrogen and oxygen atoms in total. The first-order chi connectivity index (χ1) is 11.0. The molecule has 0 bridgehead atoms. The third kappa shape index (κ3) is 4.56. The number of phenolic OH excluding ortho intramolecular Hbond substituents is 1. The standard InChI is InChI=1S/C17H25N3O3/c1-11(12-6-8-22-9-7-12)23-16(17(19)20)10-14(18)13-4-2-3-5-15(13)21/h2-5,10-12,21H,6-9,18-20H2,1H3/b14-10-. The number of para-hydroxylation sites is 1. The topological polar surface area (TPSA) is 117 Å². The van der Waals surface area contributed by atoms with Gasteiger partial charge in [0.25, 0.3) is 0 Å². The number of benzene rings is 1. The van der Waals surface area contributed by atoms with Crippen molar-refractivity contribution in [2.75, 3.05) is 13.2 Å². The van der Waals surface area contributed by atoms with E-state index >= 15 is 0 Å². The van der Waals surface area contributed by atoms with E-state index in [4.69, 9.17) is 26.7 Å². The average Bonchev–Trinajstić information content (AvgIpc) is 2.55. The van der Waals surface area contributed by atoms with Crippen LogP contribution in [0, 0.1) is 5.92 Å². The Labute approximate surface area is 136 Å². The maximum atomic E-state index is 9.86. The molecule has 1 saturated heterocycles. The minimum Gasteiger partial charge on any atom is -0.507 e. The predicted molar refractivity (Wildman–Crippen MR) is 89.8 cm³/mol. The summed E-state index contributed by atoms with van der Waals surface area (Å²) >= 11 is 0. The number of aromatic hydroxyl groups is 1. The zero-order valence-corrected chi connectivity index (χ0v) is 13.4. The van der Waals surface area contributed by atoms with Crippen molar-refractivity contribution in [2.45, 2.75) is 25.9 Å². The van der Waals surface area contributed by atoms with Gasteiger partial charge in [-0.1, -0.05) is 12.1 Å². The number of nitrogens with two attached hydrogens (primary N) is 3. The highest BCUT2D eigenvalue weighted by atomic mass is 16.5. The predicted octanol–water partition coefficient (Wildman–Crippen LogP) is 1.61. The zero-order valence-electron chi connectivity index (χ0n) is 13.4. The van der Waals surface area contributed by atoms with Gasteiger partial charge in [0, 0.05) is 30.6 Å². The van der Waals surface area contributed by atoms with E-state index in [1.54, 1.807) is 30.3 Å². The number of hydrogen-bond donors (Lipinski definition) is 4. The molecule has 0 amide bonds. The second-order valence-electron chi connectivity index (χ2n) is 5.71. The molecule has 0 radical (unpaired) electrons. The first-order valence-electron chi connectivity index (χ1n) is 7.74. The zero-order chi connectivity index (χ0) is 16.8. The number of allylic oxidation sites excluding steroid dienone is 1. The molecule has 7 N–H and O–H groups in total. The molecule has 23 heavy (non-hydrogen) atoms. The number of rotatable bonds is 5. The van der Waals surface area contributed by atoms with Crippen molar-refractivity contribution in [3.05, 3.63) is 47.5 Å². The summed E-state index contributed by atoms with van der Waals surface area (Å²) in [4.78, 5) is 0. The Hall–Kier alpha value is -2.34. The first kappa shape index (κ1) is 17.0. The third-order valence-electron chi connectivity index (χ3n) is 4.03. The molecule has 1 aromatic carbocycles. The molecule has 1 atom stereocenters. The van der Waals surface area contributed by atoms with Crippen LogP contribution in [0.3, 0.4) is 0 Å². The van der Waals surface area contributed by atoms with Crippen LogP contribution in [0.25, 0.3) is 5.70 Å². The van der Waals surface area contributed by atoms with Gasteiger partial charge in [0.15, 0.2) is 5.76 Å². The molecule has 1 aliphatic heterocycles. The minimum absolute atomic E-state index is 0.0515. The molecule has 0 aromatic heterocycles. The van der Waals surface area contributed by atoms with Gasteiger partial charge in [-0.3, -0.25) is 0 Å². The molecule has 1 aliphatic rings. The number of hydrogen-bond acceptors (Lipinski definition) is 6. The minimum atomic E-state index is -0.0515. The summed E-state index contributed by atoms with van der Waals surface area (Å²) in [6.07, 6.45) is 3.39. The highest BCUT2D eigenvalue weighted by molar-refractivity contribution is 5.69. The van der Waals surface area contributed by atoms with E-state index in [2.05, 4.69) is 0 Å². The largest absolute Gasteiger partial charge is 0.507 e. The Morgan fingerprint density at radius 3 is 2.52 bits per heavy atom. The maximum absolute atomic E-state index is 9.86. The summed E-state index contributed by atoms with van der Waals surface area (Å²) in [6.45, 7) is 3.47. The summed E-state index contributed by atoms with van der Waals surface area (Å²) in [7, 11) is 0. The maximum Gasteiger partial charge on any atom is 0.161 e. The SMILES string of the molecule is CC(OC(/C=C(\N)c1ccccc1O)=C(N)N)C1CCOCC1. The number of phenols is 1. The van der Waals surface area contributed by atoms with E-state index < -0.39 is 0 Å². The summed E-state index contributed by atoms with van der Waals surface area (Å²) < 4.78 is 11.3. The van der Waals surface area contributed by atoms with E-state index in [9.17, 15) is 5.11 Å². The van der Waals surface area contributed by atoms with E-state index in [-0.39, 0.29) is 17.7 Å². The summed E-state index contributed by atoms with van der Waals surface area (Å²) in [6, 6.07) is 6.80. The van der Waals surface area contributed by atoms with Crippen molar-refractivity contribution in [2.24, 2.45) is 23.1 Å². The highest BCUT2D eigenvalue weighted by Crippen LogP contribution is 2.26. The molecular weight excluding hydrogens is 294 g/mol. The smallest absolute Gasteiger partial charge is 0.161 e. The van der Waals surface area contributed by atoms with Crippen molar-refractivity contribution in [1.29, 1.82) is 0 Å². The first-order valence-corrected chi connectivity index (χ1v) is 7.74. The Balaban J connectivity index is 2.14. The Morgan fingerprint density at radius 2 is 1.91 bits per heavy atom. The van der Waals surface area contributed by atoms with Gasteiger partial charge in [-0.25, -0.2) is 0 Å². The van der Waals surface area contributed by atoms with Crippen molar-refractivity contribution >= 4 is 5.70 Å². The van der Waals surface area contributed by atoms with E-state index in [0.717, 1.165) is 26.1 Å². The van der Waals surface area contributed by atoms with Crippen molar-refractivity contribution < 1.29 is 14.6 Å². The molecule has 1 fully saturated rings. The van der Waals surface area contributed by atoms with Crippen LogP contribution in [0.5, 0.6) is 5.75 Å². The second-order valence-corrected chi connectivity index (χ2v) is 5.71. The lowest BCUT2D eigenvalue weighted by atomic mass is 9.95. The van der Waals surface area contributed by atoms with E-state index in [0.29, 0.717) is 22.9 Å². The molecule has 0 saturated carbocycles. The molecule has 6 heteroatoms. The van der Waals surface area contributed by atoms with Crippen molar-refractivity contribution in [3.63, 3.8) is 0 Å². The van der Waals surface area contributed by atoms with Gasteiger partial charge >= 0.3 is 0 Å². The fraction of sp³-hybridized carbons (Fsp3) is 0.412. The van der Waals surface area contributed by atoms with Crippen LogP contribution in [0.1, 0.15) is 25.3 Å². The lowest BCUT2D eigenvalue weighted by molar-refractivity contribution is 0.00263. The Morgan fingerprint density at radius 1 is 1.26 bits per heavy atom. The third-order valence-corrected chi connectivity index (χ3v) is 4.03. The molecule has 0 aliphatic carbocycles. The Bertz CT molecular complexity index is 589. The summed E-state index contributed by atoms with van der Waals surface area (Å²) in [5.41, 5.74) is 18.3. The van der Waals surface area contributed by atoms with Crippen molar-refractivity contribution in [1.82, 2.24) is 0 Å². The molecule has 1 unspecified atom stereocenters. The summed E-state index contributed by atoms with van der Waals surface area (Å²) in [5, 5.41) is 9.86. The second kappa shape index (κ2) is 7.78. The lowest BCUT2D eigenvalue weighted by Gasteiger charge is -2.28. The van der Waals surface area contributed by atoms with Crippen LogP contribution < -0.4 is 17.2 Å². The van der Waals surface area contributed by atoms with Gasteiger partial charge < -0.3 is 31.8 Å². The molecule has 126 valence electrons. The van der Waals surface area contributed by atoms with Crippen LogP contribution in [0.15, 0.2) is 41.9 Å². The van der Waals surface area contributed by atoms with Crippen LogP contribution in [0.4, 0.5) is 0 Å². The highest BCUT2D eigenvalue weighted by Gasteiger charge is 2.22. The van der Waals surface area contributed by atoms with Gasteiger partial charge in [-0.05, 0) is 37.8 Å². The molecular formula is C17H25N3O3. The summed E-state index contributed by atoms with van der Waals surface area (Å²) in [5.74, 6) is 0.860.